The summed E-state index contributed by atoms with van der Waals surface area (Å²) in [7, 11) is 0. The summed E-state index contributed by atoms with van der Waals surface area (Å²) in [4.78, 5) is 14.7. The van der Waals surface area contributed by atoms with Crippen molar-refractivity contribution in [2.45, 2.75) is 27.2 Å². The Morgan fingerprint density at radius 2 is 1.87 bits per heavy atom. The van der Waals surface area contributed by atoms with Crippen molar-refractivity contribution in [1.82, 2.24) is 4.90 Å². The SMILES string of the molecule is CCN1C(=O)/C(=C/c2cc(Cl)ccc2OCCCOc2cccc(C)c2C)SC1=S. The molecule has 1 amide bonds. The number of nitrogens with zero attached hydrogens (tertiary/aromatic N) is 1. The number of carbonyl (C=O) groups excluding carboxylic acids is 1. The highest BCUT2D eigenvalue weighted by Crippen LogP contribution is 2.35. The van der Waals surface area contributed by atoms with Gasteiger partial charge in [-0.3, -0.25) is 9.69 Å². The van der Waals surface area contributed by atoms with Crippen molar-refractivity contribution >= 4 is 51.9 Å². The third kappa shape index (κ3) is 5.36. The van der Waals surface area contributed by atoms with Gasteiger partial charge in [-0.1, -0.05) is 47.7 Å². The number of benzene rings is 2. The van der Waals surface area contributed by atoms with E-state index in [4.69, 9.17) is 33.3 Å². The van der Waals surface area contributed by atoms with E-state index in [1.165, 1.54) is 17.3 Å². The highest BCUT2D eigenvalue weighted by Gasteiger charge is 2.30. The summed E-state index contributed by atoms with van der Waals surface area (Å²) in [5.41, 5.74) is 3.13. The number of amides is 1. The van der Waals surface area contributed by atoms with E-state index in [0.717, 1.165) is 23.3 Å². The van der Waals surface area contributed by atoms with Gasteiger partial charge >= 0.3 is 0 Å². The Hall–Kier alpha value is -2.02. The van der Waals surface area contributed by atoms with Crippen LogP contribution in [0.3, 0.4) is 0 Å². The molecule has 0 aromatic heterocycles. The van der Waals surface area contributed by atoms with E-state index >= 15 is 0 Å². The summed E-state index contributed by atoms with van der Waals surface area (Å²) < 4.78 is 12.4. The lowest BCUT2D eigenvalue weighted by Gasteiger charge is -2.13. The van der Waals surface area contributed by atoms with Gasteiger partial charge in [0.2, 0.25) is 0 Å². The van der Waals surface area contributed by atoms with Crippen LogP contribution < -0.4 is 9.47 Å². The topological polar surface area (TPSA) is 38.8 Å². The van der Waals surface area contributed by atoms with Crippen LogP contribution >= 0.6 is 35.6 Å². The number of likely N-dealkylation sites (N-methyl/N-ethyl adjacent to an activating group) is 1. The van der Waals surface area contributed by atoms with E-state index in [9.17, 15) is 4.79 Å². The second kappa shape index (κ2) is 10.3. The lowest BCUT2D eigenvalue weighted by atomic mass is 10.1. The minimum atomic E-state index is -0.0830. The van der Waals surface area contributed by atoms with Gasteiger partial charge < -0.3 is 9.47 Å². The first kappa shape index (κ1) is 22.7. The number of thiocarbonyl (C=S) groups is 1. The van der Waals surface area contributed by atoms with Gasteiger partial charge in [-0.15, -0.1) is 0 Å². The first-order valence-corrected chi connectivity index (χ1v) is 11.4. The maximum atomic E-state index is 12.5. The lowest BCUT2D eigenvalue weighted by molar-refractivity contribution is -0.121. The Labute approximate surface area is 192 Å². The van der Waals surface area contributed by atoms with E-state index in [1.807, 2.05) is 25.1 Å². The minimum absolute atomic E-state index is 0.0830. The largest absolute Gasteiger partial charge is 0.493 e. The van der Waals surface area contributed by atoms with Crippen molar-refractivity contribution in [3.8, 4) is 11.5 Å². The molecule has 1 heterocycles. The van der Waals surface area contributed by atoms with Crippen LogP contribution in [0, 0.1) is 13.8 Å². The van der Waals surface area contributed by atoms with Gasteiger partial charge in [0.25, 0.3) is 5.91 Å². The van der Waals surface area contributed by atoms with Crippen molar-refractivity contribution < 1.29 is 14.3 Å². The van der Waals surface area contributed by atoms with Crippen LogP contribution in [0.4, 0.5) is 0 Å². The van der Waals surface area contributed by atoms with Gasteiger partial charge in [0.05, 0.1) is 18.1 Å². The smallest absolute Gasteiger partial charge is 0.266 e. The summed E-state index contributed by atoms with van der Waals surface area (Å²) in [5.74, 6) is 1.49. The second-order valence-electron chi connectivity index (χ2n) is 6.86. The number of hydrogen-bond acceptors (Lipinski definition) is 5. The molecule has 1 fully saturated rings. The minimum Gasteiger partial charge on any atom is -0.493 e. The van der Waals surface area contributed by atoms with Crippen molar-refractivity contribution in [2.24, 2.45) is 0 Å². The fourth-order valence-electron chi connectivity index (χ4n) is 2.98. The molecule has 30 heavy (non-hydrogen) atoms. The Bertz CT molecular complexity index is 990. The molecule has 0 atom stereocenters. The summed E-state index contributed by atoms with van der Waals surface area (Å²) in [6.07, 6.45) is 2.52. The summed E-state index contributed by atoms with van der Waals surface area (Å²) in [5, 5.41) is 0.581. The number of hydrogen-bond donors (Lipinski definition) is 0. The van der Waals surface area contributed by atoms with Gasteiger partial charge in [0.1, 0.15) is 15.8 Å². The van der Waals surface area contributed by atoms with E-state index in [0.29, 0.717) is 39.8 Å². The zero-order valence-corrected chi connectivity index (χ0v) is 19.6. The fraction of sp³-hybridized carbons (Fsp3) is 0.304. The zero-order valence-electron chi connectivity index (χ0n) is 17.2. The number of aryl methyl sites for hydroxylation is 1. The molecule has 3 rings (SSSR count). The van der Waals surface area contributed by atoms with Crippen molar-refractivity contribution in [3.63, 3.8) is 0 Å². The average molecular weight is 462 g/mol. The van der Waals surface area contributed by atoms with Crippen LogP contribution in [0.5, 0.6) is 11.5 Å². The molecular weight excluding hydrogens is 438 g/mol. The molecule has 0 radical (unpaired) electrons. The summed E-state index contributed by atoms with van der Waals surface area (Å²) >= 11 is 12.7. The van der Waals surface area contributed by atoms with E-state index in [-0.39, 0.29) is 5.91 Å². The van der Waals surface area contributed by atoms with Gasteiger partial charge in [-0.05, 0) is 62.2 Å². The van der Waals surface area contributed by atoms with Gasteiger partial charge in [-0.25, -0.2) is 0 Å². The van der Waals surface area contributed by atoms with Crippen molar-refractivity contribution in [3.05, 3.63) is 63.0 Å². The highest BCUT2D eigenvalue weighted by molar-refractivity contribution is 8.26. The summed E-state index contributed by atoms with van der Waals surface area (Å²) in [6.45, 7) is 7.64. The Morgan fingerprint density at radius 1 is 1.13 bits per heavy atom. The predicted molar refractivity (Wildman–Crippen MR) is 129 cm³/mol. The fourth-order valence-corrected chi connectivity index (χ4v) is 4.54. The van der Waals surface area contributed by atoms with E-state index in [2.05, 4.69) is 19.9 Å². The molecule has 0 spiro atoms. The summed E-state index contributed by atoms with van der Waals surface area (Å²) in [6, 6.07) is 11.4. The van der Waals surface area contributed by atoms with Gasteiger partial charge in [0.15, 0.2) is 0 Å². The molecule has 1 saturated heterocycles. The van der Waals surface area contributed by atoms with Gasteiger partial charge in [-0.2, -0.15) is 0 Å². The predicted octanol–water partition coefficient (Wildman–Crippen LogP) is 6.03. The maximum absolute atomic E-state index is 12.5. The van der Waals surface area contributed by atoms with Crippen LogP contribution in [-0.4, -0.2) is 34.9 Å². The highest BCUT2D eigenvalue weighted by atomic mass is 35.5. The lowest BCUT2D eigenvalue weighted by Crippen LogP contribution is -2.27. The first-order chi connectivity index (χ1) is 14.4. The zero-order chi connectivity index (χ0) is 21.7. The average Bonchev–Trinajstić information content (AvgIpc) is 2.98. The Balaban J connectivity index is 1.62. The van der Waals surface area contributed by atoms with Crippen molar-refractivity contribution in [2.75, 3.05) is 19.8 Å². The number of ether oxygens (including phenoxy) is 2. The number of rotatable bonds is 8. The quantitative estimate of drug-likeness (QED) is 0.273. The number of carbonyl (C=O) groups is 1. The third-order valence-corrected chi connectivity index (χ3v) is 6.42. The van der Waals surface area contributed by atoms with E-state index < -0.39 is 0 Å². The molecule has 1 aliphatic heterocycles. The Morgan fingerprint density at radius 3 is 2.57 bits per heavy atom. The van der Waals surface area contributed by atoms with E-state index in [1.54, 1.807) is 23.1 Å². The molecule has 7 heteroatoms. The maximum Gasteiger partial charge on any atom is 0.266 e. The molecule has 1 aliphatic rings. The van der Waals surface area contributed by atoms with Crippen LogP contribution in [0.2, 0.25) is 5.02 Å². The van der Waals surface area contributed by atoms with Crippen LogP contribution in [0.25, 0.3) is 6.08 Å². The number of thioether (sulfide) groups is 1. The number of halogens is 1. The molecular formula is C23H24ClNO3S2. The molecule has 2 aromatic carbocycles. The second-order valence-corrected chi connectivity index (χ2v) is 8.97. The van der Waals surface area contributed by atoms with Gasteiger partial charge in [0, 0.05) is 23.6 Å². The molecule has 0 saturated carbocycles. The van der Waals surface area contributed by atoms with Crippen LogP contribution in [-0.2, 0) is 4.79 Å². The molecule has 0 N–H and O–H groups in total. The Kier molecular flexibility index (Phi) is 7.81. The normalized spacial score (nSPS) is 15.2. The van der Waals surface area contributed by atoms with Crippen molar-refractivity contribution in [1.29, 1.82) is 0 Å². The first-order valence-electron chi connectivity index (χ1n) is 9.77. The molecule has 0 bridgehead atoms. The molecule has 0 aliphatic carbocycles. The molecule has 2 aromatic rings. The molecule has 4 nitrogen and oxygen atoms in total. The van der Waals surface area contributed by atoms with Crippen LogP contribution in [0.15, 0.2) is 41.3 Å². The third-order valence-electron chi connectivity index (χ3n) is 4.81. The monoisotopic (exact) mass is 461 g/mol. The van der Waals surface area contributed by atoms with Crippen LogP contribution in [0.1, 0.15) is 30.0 Å². The molecule has 158 valence electrons. The standard InChI is InChI=1S/C23H24ClNO3S2/c1-4-25-22(26)21(30-23(25)29)14-17-13-18(24)9-10-20(17)28-12-6-11-27-19-8-5-7-15(2)16(19)3/h5,7-10,13-14H,4,6,11-12H2,1-3H3/b21-14-. The molecule has 0 unspecified atom stereocenters.